The summed E-state index contributed by atoms with van der Waals surface area (Å²) < 4.78 is 20.9. The Labute approximate surface area is 151 Å². The molecule has 0 saturated heterocycles. The van der Waals surface area contributed by atoms with E-state index in [1.807, 2.05) is 0 Å². The quantitative estimate of drug-likeness (QED) is 0.708. The molecule has 0 aliphatic rings. The Bertz CT molecular complexity index is 1070. The predicted molar refractivity (Wildman–Crippen MR) is 97.3 cm³/mol. The van der Waals surface area contributed by atoms with Crippen LogP contribution in [0.15, 0.2) is 45.3 Å². The van der Waals surface area contributed by atoms with Crippen LogP contribution in [0.4, 0.5) is 10.1 Å². The highest BCUT2D eigenvalue weighted by atomic mass is 32.1. The highest BCUT2D eigenvalue weighted by molar-refractivity contribution is 7.17. The number of hydrogen-bond donors (Lipinski definition) is 1. The van der Waals surface area contributed by atoms with Crippen LogP contribution in [0.1, 0.15) is 0 Å². The lowest BCUT2D eigenvalue weighted by Crippen LogP contribution is -2.42. The Morgan fingerprint density at radius 3 is 2.81 bits per heavy atom. The van der Waals surface area contributed by atoms with Gasteiger partial charge < -0.3 is 10.1 Å². The molecule has 2 aromatic heterocycles. The number of thiophene rings is 1. The fourth-order valence-electron chi connectivity index (χ4n) is 2.58. The molecule has 3 rings (SSSR count). The summed E-state index contributed by atoms with van der Waals surface area (Å²) in [6.07, 6.45) is 0. The largest absolute Gasteiger partial charge is 0.383 e. The zero-order valence-corrected chi connectivity index (χ0v) is 14.7. The Kier molecular flexibility index (Phi) is 5.29. The molecular weight excluding hydrogens is 361 g/mol. The van der Waals surface area contributed by atoms with Gasteiger partial charge in [0.1, 0.15) is 17.1 Å². The van der Waals surface area contributed by atoms with Gasteiger partial charge in [-0.1, -0.05) is 6.07 Å². The average molecular weight is 377 g/mol. The number of benzene rings is 1. The molecule has 0 unspecified atom stereocenters. The molecule has 0 aliphatic carbocycles. The molecule has 26 heavy (non-hydrogen) atoms. The van der Waals surface area contributed by atoms with Crippen LogP contribution >= 0.6 is 11.3 Å². The molecule has 0 atom stereocenters. The number of hydrogen-bond acceptors (Lipinski definition) is 5. The summed E-state index contributed by atoms with van der Waals surface area (Å²) in [6.45, 7) is -0.00905. The van der Waals surface area contributed by atoms with E-state index in [4.69, 9.17) is 4.74 Å². The number of fused-ring (bicyclic) bond motifs is 1. The number of halogens is 1. The minimum absolute atomic E-state index is 0.0908. The Morgan fingerprint density at radius 2 is 2.08 bits per heavy atom. The molecule has 0 fully saturated rings. The second-order valence-corrected chi connectivity index (χ2v) is 6.43. The minimum Gasteiger partial charge on any atom is -0.383 e. The maximum absolute atomic E-state index is 13.2. The summed E-state index contributed by atoms with van der Waals surface area (Å²) in [4.78, 5) is 37.4. The lowest BCUT2D eigenvalue weighted by atomic mass is 10.3. The zero-order valence-electron chi connectivity index (χ0n) is 13.9. The maximum Gasteiger partial charge on any atom is 0.332 e. The van der Waals surface area contributed by atoms with Gasteiger partial charge in [-0.25, -0.2) is 9.18 Å². The monoisotopic (exact) mass is 377 g/mol. The van der Waals surface area contributed by atoms with Gasteiger partial charge in [0.25, 0.3) is 5.56 Å². The summed E-state index contributed by atoms with van der Waals surface area (Å²) in [5.74, 6) is -0.976. The van der Waals surface area contributed by atoms with Crippen LogP contribution in [0.5, 0.6) is 0 Å². The summed E-state index contributed by atoms with van der Waals surface area (Å²) in [6, 6.07) is 7.09. The summed E-state index contributed by atoms with van der Waals surface area (Å²) >= 11 is 1.20. The first-order valence-corrected chi connectivity index (χ1v) is 8.64. The first-order chi connectivity index (χ1) is 12.5. The van der Waals surface area contributed by atoms with Crippen molar-refractivity contribution in [3.8, 4) is 0 Å². The number of carbonyl (C=O) groups excluding carboxylic acids is 1. The number of amides is 1. The number of methoxy groups -OCH3 is 1. The van der Waals surface area contributed by atoms with Crippen LogP contribution in [-0.2, 0) is 22.6 Å². The molecular formula is C17H16FN3O4S. The van der Waals surface area contributed by atoms with Crippen molar-refractivity contribution in [2.24, 2.45) is 0 Å². The van der Waals surface area contributed by atoms with Gasteiger partial charge in [0.15, 0.2) is 0 Å². The third-order valence-electron chi connectivity index (χ3n) is 3.77. The van der Waals surface area contributed by atoms with E-state index in [1.54, 1.807) is 17.5 Å². The molecule has 1 N–H and O–H groups in total. The van der Waals surface area contributed by atoms with Crippen molar-refractivity contribution in [1.82, 2.24) is 9.13 Å². The molecule has 0 saturated carbocycles. The van der Waals surface area contributed by atoms with Gasteiger partial charge in [-0.15, -0.1) is 11.3 Å². The van der Waals surface area contributed by atoms with Crippen LogP contribution in [0.3, 0.4) is 0 Å². The van der Waals surface area contributed by atoms with E-state index in [9.17, 15) is 18.8 Å². The van der Waals surface area contributed by atoms with Crippen LogP contribution in [0.2, 0.25) is 0 Å². The zero-order chi connectivity index (χ0) is 18.7. The second kappa shape index (κ2) is 7.63. The maximum atomic E-state index is 13.2. The van der Waals surface area contributed by atoms with Gasteiger partial charge in [0.2, 0.25) is 5.91 Å². The topological polar surface area (TPSA) is 82.3 Å². The second-order valence-electron chi connectivity index (χ2n) is 5.51. The van der Waals surface area contributed by atoms with Crippen LogP contribution < -0.4 is 16.6 Å². The highest BCUT2D eigenvalue weighted by Gasteiger charge is 2.16. The van der Waals surface area contributed by atoms with Crippen LogP contribution in [0.25, 0.3) is 10.2 Å². The molecule has 9 heteroatoms. The molecule has 7 nitrogen and oxygen atoms in total. The van der Waals surface area contributed by atoms with E-state index in [0.717, 1.165) is 4.57 Å². The Morgan fingerprint density at radius 1 is 1.27 bits per heavy atom. The Balaban J connectivity index is 1.96. The van der Waals surface area contributed by atoms with Gasteiger partial charge in [-0.2, -0.15) is 0 Å². The first kappa shape index (κ1) is 18.0. The summed E-state index contributed by atoms with van der Waals surface area (Å²) in [5, 5.41) is 4.23. The predicted octanol–water partition coefficient (Wildman–Crippen LogP) is 1.65. The molecule has 0 radical (unpaired) electrons. The average Bonchev–Trinajstić information content (AvgIpc) is 3.08. The third kappa shape index (κ3) is 3.58. The van der Waals surface area contributed by atoms with Gasteiger partial charge in [0, 0.05) is 12.8 Å². The minimum atomic E-state index is -0.590. The van der Waals surface area contributed by atoms with E-state index in [2.05, 4.69) is 5.32 Å². The number of carbonyl (C=O) groups is 1. The van der Waals surface area contributed by atoms with Crippen molar-refractivity contribution in [3.63, 3.8) is 0 Å². The van der Waals surface area contributed by atoms with Crippen molar-refractivity contribution in [3.05, 3.63) is 62.4 Å². The number of anilines is 1. The molecule has 0 bridgehead atoms. The standard InChI is InChI=1S/C17H16FN3O4S/c1-25-7-6-20-16(23)15-13(5-8-26-15)21(17(20)24)10-14(22)19-12-4-2-3-11(18)9-12/h2-5,8-9H,6-7,10H2,1H3,(H,19,22). The van der Waals surface area contributed by atoms with E-state index in [-0.39, 0.29) is 25.4 Å². The Hall–Kier alpha value is -2.78. The number of rotatable bonds is 6. The summed E-state index contributed by atoms with van der Waals surface area (Å²) in [7, 11) is 1.47. The summed E-state index contributed by atoms with van der Waals surface area (Å²) in [5.41, 5.74) is -0.309. The van der Waals surface area contributed by atoms with Gasteiger partial charge in [-0.3, -0.25) is 18.7 Å². The molecule has 0 spiro atoms. The van der Waals surface area contributed by atoms with Gasteiger partial charge >= 0.3 is 5.69 Å². The molecule has 1 amide bonds. The third-order valence-corrected chi connectivity index (χ3v) is 4.66. The molecule has 136 valence electrons. The molecule has 2 heterocycles. The van der Waals surface area contributed by atoms with Gasteiger partial charge in [-0.05, 0) is 29.6 Å². The van der Waals surface area contributed by atoms with Crippen molar-refractivity contribution in [1.29, 1.82) is 0 Å². The first-order valence-electron chi connectivity index (χ1n) is 7.76. The highest BCUT2D eigenvalue weighted by Crippen LogP contribution is 2.15. The number of aromatic nitrogens is 2. The van der Waals surface area contributed by atoms with Crippen molar-refractivity contribution in [2.75, 3.05) is 19.0 Å². The van der Waals surface area contributed by atoms with Crippen LogP contribution in [0, 0.1) is 5.82 Å². The molecule has 3 aromatic rings. The normalized spacial score (nSPS) is 11.0. The number of nitrogens with zero attached hydrogens (tertiary/aromatic N) is 2. The van der Waals surface area contributed by atoms with Crippen LogP contribution in [-0.4, -0.2) is 28.8 Å². The number of ether oxygens (including phenoxy) is 1. The van der Waals surface area contributed by atoms with Gasteiger partial charge in [0.05, 0.1) is 18.7 Å². The van der Waals surface area contributed by atoms with Crippen molar-refractivity contribution < 1.29 is 13.9 Å². The fourth-order valence-corrected chi connectivity index (χ4v) is 3.42. The smallest absolute Gasteiger partial charge is 0.332 e. The van der Waals surface area contributed by atoms with Crippen molar-refractivity contribution in [2.45, 2.75) is 13.1 Å². The lowest BCUT2D eigenvalue weighted by Gasteiger charge is -2.12. The molecule has 1 aromatic carbocycles. The van der Waals surface area contributed by atoms with E-state index < -0.39 is 23.0 Å². The van der Waals surface area contributed by atoms with E-state index in [0.29, 0.717) is 10.2 Å². The lowest BCUT2D eigenvalue weighted by molar-refractivity contribution is -0.116. The van der Waals surface area contributed by atoms with E-state index >= 15 is 0 Å². The van der Waals surface area contributed by atoms with E-state index in [1.165, 1.54) is 41.2 Å². The molecule has 0 aliphatic heterocycles. The number of nitrogens with one attached hydrogen (secondary N) is 1. The van der Waals surface area contributed by atoms with Crippen molar-refractivity contribution >= 4 is 33.1 Å². The SMILES string of the molecule is COCCn1c(=O)c2sccc2n(CC(=O)Nc2cccc(F)c2)c1=O. The fraction of sp³-hybridized carbons (Fsp3) is 0.235.